The van der Waals surface area contributed by atoms with E-state index in [4.69, 9.17) is 9.47 Å². The normalized spacial score (nSPS) is 48.5. The minimum atomic E-state index is -0.560. The summed E-state index contributed by atoms with van der Waals surface area (Å²) >= 11 is 0. The van der Waals surface area contributed by atoms with Crippen molar-refractivity contribution in [3.8, 4) is 0 Å². The van der Waals surface area contributed by atoms with E-state index in [0.717, 1.165) is 12.8 Å². The van der Waals surface area contributed by atoms with E-state index in [-0.39, 0.29) is 22.7 Å². The SMILES string of the molecule is CC(=O)CC[C@@H]1[C@@H](C)CC[C@@H]2C[C@H]3OC(C)(C)OC[C@@]34CC(=O)C[C@H]4[C@]21C. The van der Waals surface area contributed by atoms with Gasteiger partial charge in [-0.05, 0) is 69.1 Å². The summed E-state index contributed by atoms with van der Waals surface area (Å²) in [6.07, 6.45) is 6.50. The molecule has 4 heteroatoms. The average molecular weight is 377 g/mol. The van der Waals surface area contributed by atoms with Crippen molar-refractivity contribution in [3.63, 3.8) is 0 Å². The van der Waals surface area contributed by atoms with Gasteiger partial charge in [0.1, 0.15) is 11.6 Å². The molecule has 1 aliphatic heterocycles. The lowest BCUT2D eigenvalue weighted by Gasteiger charge is -2.65. The summed E-state index contributed by atoms with van der Waals surface area (Å²) < 4.78 is 12.6. The van der Waals surface area contributed by atoms with Crippen LogP contribution in [0.15, 0.2) is 0 Å². The van der Waals surface area contributed by atoms with Gasteiger partial charge in [-0.15, -0.1) is 0 Å². The van der Waals surface area contributed by atoms with Crippen molar-refractivity contribution in [2.45, 2.75) is 91.5 Å². The van der Waals surface area contributed by atoms with Crippen LogP contribution >= 0.6 is 0 Å². The Balaban J connectivity index is 1.73. The molecule has 1 saturated heterocycles. The summed E-state index contributed by atoms with van der Waals surface area (Å²) in [4.78, 5) is 24.5. The minimum absolute atomic E-state index is 0.101. The van der Waals surface area contributed by atoms with Crippen LogP contribution < -0.4 is 0 Å². The molecule has 3 aliphatic carbocycles. The number of hydrogen-bond donors (Lipinski definition) is 0. The highest BCUT2D eigenvalue weighted by Gasteiger charge is 2.68. The second-order valence-electron chi connectivity index (χ2n) is 10.7. The molecule has 4 fully saturated rings. The zero-order valence-electron chi connectivity index (χ0n) is 17.7. The maximum absolute atomic E-state index is 12.7. The molecule has 0 radical (unpaired) electrons. The van der Waals surface area contributed by atoms with E-state index in [1.165, 1.54) is 12.8 Å². The molecule has 27 heavy (non-hydrogen) atoms. The Labute approximate surface area is 163 Å². The van der Waals surface area contributed by atoms with Crippen LogP contribution in [0, 0.1) is 34.5 Å². The monoisotopic (exact) mass is 376 g/mol. The largest absolute Gasteiger partial charge is 0.350 e. The third-order valence-electron chi connectivity index (χ3n) is 8.80. The third kappa shape index (κ3) is 2.93. The first-order chi connectivity index (χ1) is 12.6. The fraction of sp³-hybridized carbons (Fsp3) is 0.913. The van der Waals surface area contributed by atoms with Crippen LogP contribution in [0.4, 0.5) is 0 Å². The van der Waals surface area contributed by atoms with Crippen molar-refractivity contribution in [2.24, 2.45) is 34.5 Å². The van der Waals surface area contributed by atoms with Crippen LogP contribution in [0.3, 0.4) is 0 Å². The van der Waals surface area contributed by atoms with Crippen molar-refractivity contribution >= 4 is 11.6 Å². The Morgan fingerprint density at radius 2 is 1.96 bits per heavy atom. The van der Waals surface area contributed by atoms with E-state index < -0.39 is 5.79 Å². The van der Waals surface area contributed by atoms with Crippen molar-refractivity contribution < 1.29 is 19.1 Å². The van der Waals surface area contributed by atoms with Crippen LogP contribution in [0.5, 0.6) is 0 Å². The second-order valence-corrected chi connectivity index (χ2v) is 10.7. The molecule has 0 bridgehead atoms. The summed E-state index contributed by atoms with van der Waals surface area (Å²) in [7, 11) is 0. The highest BCUT2D eigenvalue weighted by Crippen LogP contribution is 2.69. The molecule has 1 spiro atoms. The van der Waals surface area contributed by atoms with Crippen LogP contribution in [-0.4, -0.2) is 30.1 Å². The molecule has 1 heterocycles. The van der Waals surface area contributed by atoms with Gasteiger partial charge in [-0.25, -0.2) is 0 Å². The number of fused-ring (bicyclic) bond motifs is 2. The van der Waals surface area contributed by atoms with E-state index in [9.17, 15) is 9.59 Å². The molecular weight excluding hydrogens is 340 g/mol. The molecule has 4 nitrogen and oxygen atoms in total. The molecule has 0 aromatic heterocycles. The topological polar surface area (TPSA) is 52.6 Å². The first-order valence-electron chi connectivity index (χ1n) is 10.9. The lowest BCUT2D eigenvalue weighted by Crippen LogP contribution is -2.65. The quantitative estimate of drug-likeness (QED) is 0.725. The molecule has 4 rings (SSSR count). The highest BCUT2D eigenvalue weighted by atomic mass is 16.7. The number of carbonyl (C=O) groups is 2. The first-order valence-corrected chi connectivity index (χ1v) is 10.9. The molecule has 3 saturated carbocycles. The number of carbonyl (C=O) groups excluding carboxylic acids is 2. The molecule has 0 aromatic rings. The number of rotatable bonds is 3. The zero-order valence-corrected chi connectivity index (χ0v) is 17.7. The van der Waals surface area contributed by atoms with Crippen LogP contribution in [0.1, 0.15) is 79.6 Å². The van der Waals surface area contributed by atoms with E-state index >= 15 is 0 Å². The fourth-order valence-corrected chi connectivity index (χ4v) is 7.52. The van der Waals surface area contributed by atoms with E-state index in [0.29, 0.717) is 55.3 Å². The molecule has 0 N–H and O–H groups in total. The summed E-state index contributed by atoms with van der Waals surface area (Å²) in [6, 6.07) is 0. The Morgan fingerprint density at radius 1 is 1.22 bits per heavy atom. The van der Waals surface area contributed by atoms with Gasteiger partial charge in [-0.1, -0.05) is 20.3 Å². The fourth-order valence-electron chi connectivity index (χ4n) is 7.52. The smallest absolute Gasteiger partial charge is 0.163 e. The minimum Gasteiger partial charge on any atom is -0.350 e. The van der Waals surface area contributed by atoms with Gasteiger partial charge in [-0.3, -0.25) is 4.79 Å². The third-order valence-corrected chi connectivity index (χ3v) is 8.80. The van der Waals surface area contributed by atoms with Gasteiger partial charge in [-0.2, -0.15) is 0 Å². The van der Waals surface area contributed by atoms with Crippen molar-refractivity contribution in [2.75, 3.05) is 6.61 Å². The molecule has 0 unspecified atom stereocenters. The lowest BCUT2D eigenvalue weighted by molar-refractivity contribution is -0.351. The second kappa shape index (κ2) is 6.38. The molecule has 0 aromatic carbocycles. The Morgan fingerprint density at radius 3 is 2.67 bits per heavy atom. The van der Waals surface area contributed by atoms with Crippen LogP contribution in [-0.2, 0) is 19.1 Å². The van der Waals surface area contributed by atoms with Gasteiger partial charge in [0.2, 0.25) is 0 Å². The van der Waals surface area contributed by atoms with Gasteiger partial charge < -0.3 is 14.3 Å². The van der Waals surface area contributed by atoms with Gasteiger partial charge in [0.05, 0.1) is 12.7 Å². The summed E-state index contributed by atoms with van der Waals surface area (Å²) in [5, 5.41) is 0. The number of hydrogen-bond acceptors (Lipinski definition) is 4. The van der Waals surface area contributed by atoms with Crippen molar-refractivity contribution in [1.82, 2.24) is 0 Å². The number of ether oxygens (including phenoxy) is 2. The summed E-state index contributed by atoms with van der Waals surface area (Å²) in [5.41, 5.74) is -0.0621. The zero-order chi connectivity index (χ0) is 19.6. The number of ketones is 2. The van der Waals surface area contributed by atoms with Crippen LogP contribution in [0.2, 0.25) is 0 Å². The molecule has 4 aliphatic rings. The average Bonchev–Trinajstić information content (AvgIpc) is 2.91. The predicted octanol–water partition coefficient (Wildman–Crippen LogP) is 4.54. The van der Waals surface area contributed by atoms with E-state index in [1.54, 1.807) is 6.92 Å². The summed E-state index contributed by atoms with van der Waals surface area (Å²) in [5.74, 6) is 2.11. The molecule has 0 amide bonds. The Kier molecular flexibility index (Phi) is 4.63. The lowest BCUT2D eigenvalue weighted by atomic mass is 9.42. The van der Waals surface area contributed by atoms with Crippen LogP contribution in [0.25, 0.3) is 0 Å². The molecule has 7 atom stereocenters. The van der Waals surface area contributed by atoms with Gasteiger partial charge >= 0.3 is 0 Å². The van der Waals surface area contributed by atoms with Gasteiger partial charge in [0.15, 0.2) is 5.79 Å². The van der Waals surface area contributed by atoms with E-state index in [1.807, 2.05) is 13.8 Å². The molecular formula is C23H36O4. The standard InChI is InChI=1S/C23H36O4/c1-14-6-8-16-10-20-23(13-26-21(3,4)27-20)12-17(25)11-19(23)22(16,5)18(14)9-7-15(2)24/h14,16,18-20H,6-13H2,1-5H3/t14-,16+,18+,19-,20+,22+,23+/m0/s1. The van der Waals surface area contributed by atoms with Gasteiger partial charge in [0.25, 0.3) is 0 Å². The van der Waals surface area contributed by atoms with Crippen molar-refractivity contribution in [1.29, 1.82) is 0 Å². The predicted molar refractivity (Wildman–Crippen MR) is 103 cm³/mol. The molecule has 152 valence electrons. The maximum Gasteiger partial charge on any atom is 0.163 e. The summed E-state index contributed by atoms with van der Waals surface area (Å²) in [6.45, 7) is 11.1. The maximum atomic E-state index is 12.7. The van der Waals surface area contributed by atoms with Gasteiger partial charge in [0, 0.05) is 24.7 Å². The first kappa shape index (κ1) is 19.6. The number of Topliss-reactive ketones (excluding diaryl/α,β-unsaturated/α-hetero) is 2. The van der Waals surface area contributed by atoms with Crippen molar-refractivity contribution in [3.05, 3.63) is 0 Å². The highest BCUT2D eigenvalue weighted by molar-refractivity contribution is 5.82. The van der Waals surface area contributed by atoms with E-state index in [2.05, 4.69) is 13.8 Å². The Bertz CT molecular complexity index is 640. The Hall–Kier alpha value is -0.740.